The Kier molecular flexibility index (Phi) is 4.38. The Morgan fingerprint density at radius 1 is 1.24 bits per heavy atom. The molecule has 0 saturated carbocycles. The molecule has 0 saturated heterocycles. The van der Waals surface area contributed by atoms with Crippen molar-refractivity contribution in [1.29, 1.82) is 0 Å². The maximum atomic E-state index is 12.9. The van der Waals surface area contributed by atoms with Crippen LogP contribution in [0.3, 0.4) is 0 Å². The van der Waals surface area contributed by atoms with E-state index in [0.29, 0.717) is 27.4 Å². The molecule has 8 heteroatoms. The molecule has 1 heterocycles. The molecule has 0 aliphatic rings. The first-order chi connectivity index (χ1) is 11.7. The number of benzene rings is 2. The molecule has 0 atom stereocenters. The summed E-state index contributed by atoms with van der Waals surface area (Å²) < 4.78 is 37.5. The van der Waals surface area contributed by atoms with Crippen LogP contribution in [0.15, 0.2) is 44.4 Å². The average Bonchev–Trinajstić information content (AvgIpc) is 2.81. The van der Waals surface area contributed by atoms with Crippen LogP contribution in [0, 0.1) is 6.92 Å². The van der Waals surface area contributed by atoms with Gasteiger partial charge in [-0.2, -0.15) is 0 Å². The number of hydrogen-bond acceptors (Lipinski definition) is 5. The van der Waals surface area contributed by atoms with Gasteiger partial charge in [0.2, 0.25) is 0 Å². The summed E-state index contributed by atoms with van der Waals surface area (Å²) in [5.74, 6) is -0.376. The molecular formula is C17H16ClNO5S. The molecule has 0 amide bonds. The van der Waals surface area contributed by atoms with Gasteiger partial charge in [0.15, 0.2) is 15.4 Å². The van der Waals surface area contributed by atoms with Gasteiger partial charge in [0.05, 0.1) is 23.3 Å². The van der Waals surface area contributed by atoms with Gasteiger partial charge in [-0.05, 0) is 36.8 Å². The van der Waals surface area contributed by atoms with E-state index >= 15 is 0 Å². The fraction of sp³-hybridized carbons (Fsp3) is 0.235. The minimum absolute atomic E-state index is 0.108. The van der Waals surface area contributed by atoms with Gasteiger partial charge in [0, 0.05) is 23.7 Å². The van der Waals surface area contributed by atoms with E-state index < -0.39 is 15.6 Å². The lowest BCUT2D eigenvalue weighted by Gasteiger charge is -2.11. The van der Waals surface area contributed by atoms with E-state index in [9.17, 15) is 13.2 Å². The van der Waals surface area contributed by atoms with Crippen LogP contribution in [0.4, 0.5) is 0 Å². The Morgan fingerprint density at radius 3 is 2.64 bits per heavy atom. The van der Waals surface area contributed by atoms with Crippen molar-refractivity contribution in [2.75, 3.05) is 7.11 Å². The fourth-order valence-electron chi connectivity index (χ4n) is 2.74. The van der Waals surface area contributed by atoms with E-state index in [2.05, 4.69) is 0 Å². The molecule has 0 aliphatic heterocycles. The summed E-state index contributed by atoms with van der Waals surface area (Å²) in [6.45, 7) is 1.68. The molecule has 6 nitrogen and oxygen atoms in total. The summed E-state index contributed by atoms with van der Waals surface area (Å²) in [5.41, 5.74) is 1.77. The Balaban J connectivity index is 2.12. The van der Waals surface area contributed by atoms with Gasteiger partial charge in [0.25, 0.3) is 0 Å². The van der Waals surface area contributed by atoms with Gasteiger partial charge in [-0.1, -0.05) is 11.6 Å². The van der Waals surface area contributed by atoms with Gasteiger partial charge < -0.3 is 9.15 Å². The van der Waals surface area contributed by atoms with Crippen molar-refractivity contribution in [3.05, 3.63) is 57.0 Å². The highest BCUT2D eigenvalue weighted by Gasteiger charge is 2.22. The summed E-state index contributed by atoms with van der Waals surface area (Å²) in [6, 6.07) is 7.83. The van der Waals surface area contributed by atoms with Gasteiger partial charge in [0.1, 0.15) is 5.75 Å². The van der Waals surface area contributed by atoms with E-state index in [4.69, 9.17) is 20.8 Å². The first-order valence-corrected chi connectivity index (χ1v) is 9.41. The standard InChI is InChI=1S/C17H16ClNO5S/c1-10-6-13-15(24-17(20)19(13)2)8-16(10)25(21,22)9-11-7-12(18)4-5-14(11)23-3/h4-8H,9H2,1-3H3. The van der Waals surface area contributed by atoms with Crippen molar-refractivity contribution < 1.29 is 17.6 Å². The molecule has 25 heavy (non-hydrogen) atoms. The number of aromatic nitrogens is 1. The maximum Gasteiger partial charge on any atom is 0.419 e. The van der Waals surface area contributed by atoms with Crippen LogP contribution in [-0.2, 0) is 22.6 Å². The molecule has 0 aliphatic carbocycles. The smallest absolute Gasteiger partial charge is 0.419 e. The number of rotatable bonds is 4. The van der Waals surface area contributed by atoms with Crippen LogP contribution in [0.5, 0.6) is 5.75 Å². The van der Waals surface area contributed by atoms with E-state index in [0.717, 1.165) is 0 Å². The third-order valence-electron chi connectivity index (χ3n) is 4.01. The summed E-state index contributed by atoms with van der Waals surface area (Å²) in [5, 5.41) is 0.423. The zero-order valence-electron chi connectivity index (χ0n) is 13.9. The van der Waals surface area contributed by atoms with Crippen molar-refractivity contribution in [2.24, 2.45) is 7.05 Å². The molecule has 1 aromatic heterocycles. The predicted octanol–water partition coefficient (Wildman–Crippen LogP) is 3.08. The van der Waals surface area contributed by atoms with Crippen LogP contribution in [0.1, 0.15) is 11.1 Å². The number of oxazole rings is 1. The van der Waals surface area contributed by atoms with Crippen molar-refractivity contribution in [3.8, 4) is 5.75 Å². The van der Waals surface area contributed by atoms with Crippen LogP contribution in [-0.4, -0.2) is 20.1 Å². The molecule has 3 aromatic rings. The number of hydrogen-bond donors (Lipinski definition) is 0. The second-order valence-electron chi connectivity index (χ2n) is 5.73. The van der Waals surface area contributed by atoms with Gasteiger partial charge in [-0.15, -0.1) is 0 Å². The third kappa shape index (κ3) is 3.17. The molecule has 0 unspecified atom stereocenters. The number of sulfone groups is 1. The largest absolute Gasteiger partial charge is 0.496 e. The molecule has 132 valence electrons. The van der Waals surface area contributed by atoms with Crippen LogP contribution in [0.2, 0.25) is 5.02 Å². The first kappa shape index (κ1) is 17.6. The SMILES string of the molecule is COc1ccc(Cl)cc1CS(=O)(=O)c1cc2oc(=O)n(C)c2cc1C. The zero-order chi connectivity index (χ0) is 18.4. The molecule has 2 aromatic carbocycles. The average molecular weight is 382 g/mol. The Bertz CT molecular complexity index is 1130. The molecule has 3 rings (SSSR count). The second kappa shape index (κ2) is 6.24. The first-order valence-electron chi connectivity index (χ1n) is 7.38. The molecule has 0 radical (unpaired) electrons. The van der Waals surface area contributed by atoms with Crippen molar-refractivity contribution >= 4 is 32.5 Å². The summed E-state index contributed by atoms with van der Waals surface area (Å²) >= 11 is 5.98. The number of aryl methyl sites for hydroxylation is 2. The van der Waals surface area contributed by atoms with Gasteiger partial charge >= 0.3 is 5.76 Å². The third-order valence-corrected chi connectivity index (χ3v) is 6.05. The highest BCUT2D eigenvalue weighted by molar-refractivity contribution is 7.90. The van der Waals surface area contributed by atoms with Gasteiger partial charge in [-0.3, -0.25) is 4.57 Å². The Morgan fingerprint density at radius 2 is 1.96 bits per heavy atom. The number of fused-ring (bicyclic) bond motifs is 1. The Labute approximate surface area is 149 Å². The van der Waals surface area contributed by atoms with Crippen molar-refractivity contribution in [3.63, 3.8) is 0 Å². The molecule has 0 spiro atoms. The topological polar surface area (TPSA) is 78.5 Å². The fourth-order valence-corrected chi connectivity index (χ4v) is 4.56. The molecule has 0 fully saturated rings. The normalized spacial score (nSPS) is 11.8. The lowest BCUT2D eigenvalue weighted by Crippen LogP contribution is -2.09. The molecule has 0 N–H and O–H groups in total. The second-order valence-corrected chi connectivity index (χ2v) is 8.12. The van der Waals surface area contributed by atoms with E-state index in [1.54, 1.807) is 38.2 Å². The summed E-state index contributed by atoms with van der Waals surface area (Å²) in [4.78, 5) is 11.7. The lowest BCUT2D eigenvalue weighted by atomic mass is 10.2. The van der Waals surface area contributed by atoms with E-state index in [1.165, 1.54) is 17.7 Å². The maximum absolute atomic E-state index is 12.9. The number of halogens is 1. The number of ether oxygens (including phenoxy) is 1. The highest BCUT2D eigenvalue weighted by atomic mass is 35.5. The lowest BCUT2D eigenvalue weighted by molar-refractivity contribution is 0.411. The minimum Gasteiger partial charge on any atom is -0.496 e. The van der Waals surface area contributed by atoms with Crippen LogP contribution >= 0.6 is 11.6 Å². The number of nitrogens with zero attached hydrogens (tertiary/aromatic N) is 1. The van der Waals surface area contributed by atoms with Crippen LogP contribution < -0.4 is 10.5 Å². The molecular weight excluding hydrogens is 366 g/mol. The van der Waals surface area contributed by atoms with Gasteiger partial charge in [-0.25, -0.2) is 13.2 Å². The molecule has 0 bridgehead atoms. The Hall–Kier alpha value is -2.25. The monoisotopic (exact) mass is 381 g/mol. The quantitative estimate of drug-likeness (QED) is 0.694. The van der Waals surface area contributed by atoms with Crippen LogP contribution in [0.25, 0.3) is 11.1 Å². The van der Waals surface area contributed by atoms with Crippen molar-refractivity contribution in [2.45, 2.75) is 17.6 Å². The summed E-state index contributed by atoms with van der Waals surface area (Å²) in [7, 11) is -0.663. The number of methoxy groups -OCH3 is 1. The van der Waals surface area contributed by atoms with E-state index in [1.807, 2.05) is 0 Å². The summed E-state index contributed by atoms with van der Waals surface area (Å²) in [6.07, 6.45) is 0. The predicted molar refractivity (Wildman–Crippen MR) is 95.1 cm³/mol. The zero-order valence-corrected chi connectivity index (χ0v) is 15.4. The van der Waals surface area contributed by atoms with Crippen molar-refractivity contribution in [1.82, 2.24) is 4.57 Å². The van der Waals surface area contributed by atoms with E-state index in [-0.39, 0.29) is 16.2 Å². The minimum atomic E-state index is -3.70. The highest BCUT2D eigenvalue weighted by Crippen LogP contribution is 2.29.